The highest BCUT2D eigenvalue weighted by molar-refractivity contribution is 14.1. The monoisotopic (exact) mass is 401 g/mol. The summed E-state index contributed by atoms with van der Waals surface area (Å²) in [6, 6.07) is 10.7. The molecule has 0 spiro atoms. The van der Waals surface area contributed by atoms with Crippen LogP contribution in [0.3, 0.4) is 0 Å². The van der Waals surface area contributed by atoms with Gasteiger partial charge in [-0.15, -0.1) is 0 Å². The number of anilines is 2. The van der Waals surface area contributed by atoms with Crippen LogP contribution in [0.2, 0.25) is 5.02 Å². The van der Waals surface area contributed by atoms with Crippen molar-refractivity contribution >= 4 is 51.5 Å². The maximum atomic E-state index is 12.3. The fraction of sp³-hybridized carbons (Fsp3) is 0.0714. The molecule has 0 unspecified atom stereocenters. The Morgan fingerprint density at radius 1 is 1.20 bits per heavy atom. The van der Waals surface area contributed by atoms with Gasteiger partial charge in [0.15, 0.2) is 0 Å². The number of benzene rings is 2. The SMILES string of the molecule is Cc1ccc(NN)c(C(=O)Nc2ccc(Cl)cc2I)c1. The second-order valence-corrected chi connectivity index (χ2v) is 5.87. The number of carbonyl (C=O) groups excluding carboxylic acids is 1. The number of nitrogen functional groups attached to an aromatic ring is 1. The van der Waals surface area contributed by atoms with E-state index in [9.17, 15) is 4.79 Å². The Labute approximate surface area is 135 Å². The lowest BCUT2D eigenvalue weighted by Crippen LogP contribution is -2.18. The van der Waals surface area contributed by atoms with E-state index in [0.717, 1.165) is 9.13 Å². The zero-order valence-corrected chi connectivity index (χ0v) is 13.6. The van der Waals surface area contributed by atoms with Crippen molar-refractivity contribution in [2.45, 2.75) is 6.92 Å². The lowest BCUT2D eigenvalue weighted by Gasteiger charge is -2.11. The highest BCUT2D eigenvalue weighted by atomic mass is 127. The smallest absolute Gasteiger partial charge is 0.257 e. The van der Waals surface area contributed by atoms with Gasteiger partial charge in [-0.05, 0) is 59.8 Å². The van der Waals surface area contributed by atoms with Crippen molar-refractivity contribution in [1.82, 2.24) is 0 Å². The molecule has 20 heavy (non-hydrogen) atoms. The van der Waals surface area contributed by atoms with Gasteiger partial charge in [-0.2, -0.15) is 0 Å². The number of carbonyl (C=O) groups is 1. The predicted molar refractivity (Wildman–Crippen MR) is 91.1 cm³/mol. The second-order valence-electron chi connectivity index (χ2n) is 4.27. The molecule has 0 atom stereocenters. The molecule has 6 heteroatoms. The number of aryl methyl sites for hydroxylation is 1. The van der Waals surface area contributed by atoms with Crippen LogP contribution < -0.4 is 16.6 Å². The van der Waals surface area contributed by atoms with Crippen LogP contribution in [0.4, 0.5) is 11.4 Å². The highest BCUT2D eigenvalue weighted by Gasteiger charge is 2.13. The van der Waals surface area contributed by atoms with Crippen LogP contribution in [0, 0.1) is 10.5 Å². The van der Waals surface area contributed by atoms with Crippen LogP contribution in [-0.4, -0.2) is 5.91 Å². The second kappa shape index (κ2) is 6.43. The summed E-state index contributed by atoms with van der Waals surface area (Å²) in [5.74, 6) is 5.21. The average molecular weight is 402 g/mol. The van der Waals surface area contributed by atoms with Crippen LogP contribution in [0.15, 0.2) is 36.4 Å². The molecule has 0 saturated carbocycles. The summed E-state index contributed by atoms with van der Waals surface area (Å²) >= 11 is 8.02. The molecule has 0 bridgehead atoms. The molecular formula is C14H13ClIN3O. The van der Waals surface area contributed by atoms with Gasteiger partial charge in [0.1, 0.15) is 0 Å². The fourth-order valence-electron chi connectivity index (χ4n) is 1.75. The number of hydrogen-bond acceptors (Lipinski definition) is 3. The summed E-state index contributed by atoms with van der Waals surface area (Å²) in [6.45, 7) is 1.92. The molecule has 0 aliphatic rings. The fourth-order valence-corrected chi connectivity index (χ4v) is 2.76. The van der Waals surface area contributed by atoms with E-state index < -0.39 is 0 Å². The molecule has 0 aliphatic carbocycles. The highest BCUT2D eigenvalue weighted by Crippen LogP contribution is 2.24. The number of rotatable bonds is 3. The number of amides is 1. The van der Waals surface area contributed by atoms with Crippen molar-refractivity contribution < 1.29 is 4.79 Å². The van der Waals surface area contributed by atoms with Gasteiger partial charge in [-0.25, -0.2) is 0 Å². The zero-order valence-electron chi connectivity index (χ0n) is 10.7. The molecular weight excluding hydrogens is 389 g/mol. The maximum Gasteiger partial charge on any atom is 0.257 e. The van der Waals surface area contributed by atoms with Gasteiger partial charge in [0, 0.05) is 8.59 Å². The van der Waals surface area contributed by atoms with E-state index in [1.54, 1.807) is 30.3 Å². The van der Waals surface area contributed by atoms with Crippen molar-refractivity contribution in [3.05, 3.63) is 56.1 Å². The summed E-state index contributed by atoms with van der Waals surface area (Å²) in [5, 5.41) is 3.49. The average Bonchev–Trinajstić information content (AvgIpc) is 2.41. The van der Waals surface area contributed by atoms with Crippen molar-refractivity contribution in [3.63, 3.8) is 0 Å². The molecule has 2 rings (SSSR count). The van der Waals surface area contributed by atoms with Gasteiger partial charge in [0.2, 0.25) is 0 Å². The maximum absolute atomic E-state index is 12.3. The van der Waals surface area contributed by atoms with Crippen molar-refractivity contribution in [3.8, 4) is 0 Å². The van der Waals surface area contributed by atoms with Gasteiger partial charge in [-0.3, -0.25) is 10.6 Å². The number of nitrogens with one attached hydrogen (secondary N) is 2. The Bertz CT molecular complexity index is 661. The van der Waals surface area contributed by atoms with Crippen LogP contribution in [0.1, 0.15) is 15.9 Å². The third kappa shape index (κ3) is 3.41. The quantitative estimate of drug-likeness (QED) is 0.416. The molecule has 1 amide bonds. The summed E-state index contributed by atoms with van der Waals surface area (Å²) < 4.78 is 0.873. The van der Waals surface area contributed by atoms with Gasteiger partial charge >= 0.3 is 0 Å². The normalized spacial score (nSPS) is 10.2. The standard InChI is InChI=1S/C14H13ClIN3O/c1-8-2-4-12(19-17)10(6-8)14(20)18-13-5-3-9(15)7-11(13)16/h2-7,19H,17H2,1H3,(H,18,20). The van der Waals surface area contributed by atoms with E-state index >= 15 is 0 Å². The molecule has 0 aliphatic heterocycles. The Hall–Kier alpha value is -1.31. The first-order valence-corrected chi connectivity index (χ1v) is 7.30. The molecule has 2 aromatic rings. The lowest BCUT2D eigenvalue weighted by atomic mass is 10.1. The third-order valence-electron chi connectivity index (χ3n) is 2.75. The number of hydrogen-bond donors (Lipinski definition) is 3. The summed E-state index contributed by atoms with van der Waals surface area (Å²) in [5.41, 5.74) is 5.31. The minimum absolute atomic E-state index is 0.220. The topological polar surface area (TPSA) is 67.1 Å². The Morgan fingerprint density at radius 3 is 2.55 bits per heavy atom. The summed E-state index contributed by atoms with van der Waals surface area (Å²) in [6.07, 6.45) is 0. The Balaban J connectivity index is 2.30. The van der Waals surface area contributed by atoms with Gasteiger partial charge in [0.25, 0.3) is 5.91 Å². The van der Waals surface area contributed by atoms with E-state index in [0.29, 0.717) is 22.0 Å². The molecule has 0 radical (unpaired) electrons. The summed E-state index contributed by atoms with van der Waals surface area (Å²) in [4.78, 5) is 12.3. The molecule has 0 fully saturated rings. The van der Waals surface area contributed by atoms with E-state index in [1.165, 1.54) is 0 Å². The number of halogens is 2. The van der Waals surface area contributed by atoms with E-state index in [4.69, 9.17) is 17.4 Å². The van der Waals surface area contributed by atoms with E-state index in [-0.39, 0.29) is 5.91 Å². The molecule has 2 aromatic carbocycles. The Kier molecular flexibility index (Phi) is 4.85. The van der Waals surface area contributed by atoms with Crippen molar-refractivity contribution in [2.24, 2.45) is 5.84 Å². The van der Waals surface area contributed by atoms with Gasteiger partial charge < -0.3 is 10.7 Å². The minimum atomic E-state index is -0.220. The molecule has 0 aromatic heterocycles. The largest absolute Gasteiger partial charge is 0.323 e. The first-order chi connectivity index (χ1) is 9.51. The first-order valence-electron chi connectivity index (χ1n) is 5.85. The third-order valence-corrected chi connectivity index (χ3v) is 3.88. The lowest BCUT2D eigenvalue weighted by molar-refractivity contribution is 0.102. The van der Waals surface area contributed by atoms with Crippen molar-refractivity contribution in [2.75, 3.05) is 10.7 Å². The first kappa shape index (κ1) is 15.1. The minimum Gasteiger partial charge on any atom is -0.323 e. The molecule has 4 N–H and O–H groups in total. The Morgan fingerprint density at radius 2 is 1.90 bits per heavy atom. The van der Waals surface area contributed by atoms with Gasteiger partial charge in [0.05, 0.1) is 16.9 Å². The van der Waals surface area contributed by atoms with E-state index in [1.807, 2.05) is 13.0 Å². The molecule has 0 heterocycles. The number of hydrazine groups is 1. The summed E-state index contributed by atoms with van der Waals surface area (Å²) in [7, 11) is 0. The van der Waals surface area contributed by atoms with Crippen LogP contribution in [0.5, 0.6) is 0 Å². The van der Waals surface area contributed by atoms with Crippen molar-refractivity contribution in [1.29, 1.82) is 0 Å². The molecule has 104 valence electrons. The molecule has 0 saturated heterocycles. The van der Waals surface area contributed by atoms with Crippen LogP contribution >= 0.6 is 34.2 Å². The van der Waals surface area contributed by atoms with Crippen LogP contribution in [0.25, 0.3) is 0 Å². The number of nitrogens with two attached hydrogens (primary N) is 1. The molecule has 4 nitrogen and oxygen atoms in total. The van der Waals surface area contributed by atoms with Gasteiger partial charge in [-0.1, -0.05) is 23.2 Å². The van der Waals surface area contributed by atoms with E-state index in [2.05, 4.69) is 33.3 Å². The predicted octanol–water partition coefficient (Wildman–Crippen LogP) is 3.79. The van der Waals surface area contributed by atoms with Crippen LogP contribution in [-0.2, 0) is 0 Å². The zero-order chi connectivity index (χ0) is 14.7.